The van der Waals surface area contributed by atoms with E-state index in [0.717, 1.165) is 5.56 Å². The number of nitrogens with one attached hydrogen (secondary N) is 1. The zero-order chi connectivity index (χ0) is 16.0. The van der Waals surface area contributed by atoms with E-state index in [9.17, 15) is 4.79 Å². The smallest absolute Gasteiger partial charge is 0.408 e. The van der Waals surface area contributed by atoms with E-state index in [-0.39, 0.29) is 6.04 Å². The Morgan fingerprint density at radius 2 is 1.95 bits per heavy atom. The van der Waals surface area contributed by atoms with E-state index < -0.39 is 11.7 Å². The second kappa shape index (κ2) is 7.87. The highest BCUT2D eigenvalue weighted by molar-refractivity contribution is 6.42. The molecule has 0 aliphatic carbocycles. The standard InChI is InChI=1S/C15H21Cl2NO3/c1-15(2,3)21-14(19)18-13(7-8-20-4)10-5-6-11(16)12(17)9-10/h5-6,9,13H,7-8H2,1-4H3,(H,18,19)/t13-/m1/s1. The Labute approximate surface area is 135 Å². The van der Waals surface area contributed by atoms with Crippen molar-refractivity contribution < 1.29 is 14.3 Å². The van der Waals surface area contributed by atoms with Gasteiger partial charge in [0.15, 0.2) is 0 Å². The van der Waals surface area contributed by atoms with Crippen molar-refractivity contribution in [2.45, 2.75) is 38.8 Å². The molecule has 0 unspecified atom stereocenters. The van der Waals surface area contributed by atoms with E-state index in [1.165, 1.54) is 0 Å². The van der Waals surface area contributed by atoms with E-state index in [1.54, 1.807) is 19.2 Å². The van der Waals surface area contributed by atoms with Gasteiger partial charge in [0.05, 0.1) is 16.1 Å². The molecule has 1 aromatic rings. The van der Waals surface area contributed by atoms with Gasteiger partial charge in [-0.05, 0) is 44.9 Å². The van der Waals surface area contributed by atoms with Crippen LogP contribution in [-0.4, -0.2) is 25.4 Å². The van der Waals surface area contributed by atoms with Crippen molar-refractivity contribution in [2.24, 2.45) is 0 Å². The molecule has 6 heteroatoms. The zero-order valence-corrected chi connectivity index (χ0v) is 14.2. The molecule has 0 heterocycles. The summed E-state index contributed by atoms with van der Waals surface area (Å²) in [6.07, 6.45) is 0.128. The van der Waals surface area contributed by atoms with Crippen molar-refractivity contribution in [3.63, 3.8) is 0 Å². The van der Waals surface area contributed by atoms with Crippen LogP contribution in [0.1, 0.15) is 38.8 Å². The molecule has 118 valence electrons. The summed E-state index contributed by atoms with van der Waals surface area (Å²) >= 11 is 11.9. The lowest BCUT2D eigenvalue weighted by Crippen LogP contribution is -2.35. The molecule has 1 amide bonds. The highest BCUT2D eigenvalue weighted by atomic mass is 35.5. The topological polar surface area (TPSA) is 47.6 Å². The van der Waals surface area contributed by atoms with Crippen LogP contribution in [-0.2, 0) is 9.47 Å². The summed E-state index contributed by atoms with van der Waals surface area (Å²) in [6.45, 7) is 5.95. The van der Waals surface area contributed by atoms with Gasteiger partial charge in [0.25, 0.3) is 0 Å². The SMILES string of the molecule is COCC[C@@H](NC(=O)OC(C)(C)C)c1ccc(Cl)c(Cl)c1. The molecule has 1 atom stereocenters. The van der Waals surface area contributed by atoms with Gasteiger partial charge in [-0.25, -0.2) is 4.79 Å². The molecule has 1 aromatic carbocycles. The number of methoxy groups -OCH3 is 1. The first-order valence-electron chi connectivity index (χ1n) is 6.66. The molecule has 0 bridgehead atoms. The van der Waals surface area contributed by atoms with E-state index in [4.69, 9.17) is 32.7 Å². The summed E-state index contributed by atoms with van der Waals surface area (Å²) in [6, 6.07) is 5.01. The Kier molecular flexibility index (Phi) is 6.78. The van der Waals surface area contributed by atoms with Gasteiger partial charge < -0.3 is 14.8 Å². The minimum absolute atomic E-state index is 0.255. The number of hydrogen-bond donors (Lipinski definition) is 1. The van der Waals surface area contributed by atoms with Crippen molar-refractivity contribution in [3.05, 3.63) is 33.8 Å². The molecule has 1 rings (SSSR count). The number of carbonyl (C=O) groups excluding carboxylic acids is 1. The molecule has 0 fully saturated rings. The molecule has 0 aliphatic heterocycles. The first kappa shape index (κ1) is 18.1. The predicted octanol–water partition coefficient (Wildman–Crippen LogP) is 4.60. The Hall–Kier alpha value is -0.970. The van der Waals surface area contributed by atoms with Gasteiger partial charge in [-0.15, -0.1) is 0 Å². The maximum atomic E-state index is 11.9. The fraction of sp³-hybridized carbons (Fsp3) is 0.533. The predicted molar refractivity (Wildman–Crippen MR) is 85.1 cm³/mol. The van der Waals surface area contributed by atoms with Crippen LogP contribution in [0, 0.1) is 0 Å². The third kappa shape index (κ3) is 6.55. The van der Waals surface area contributed by atoms with E-state index in [0.29, 0.717) is 23.1 Å². The lowest BCUT2D eigenvalue weighted by molar-refractivity contribution is 0.0492. The zero-order valence-electron chi connectivity index (χ0n) is 12.7. The van der Waals surface area contributed by atoms with Crippen molar-refractivity contribution in [2.75, 3.05) is 13.7 Å². The Bertz CT molecular complexity index is 486. The number of halogens is 2. The van der Waals surface area contributed by atoms with Crippen LogP contribution in [0.3, 0.4) is 0 Å². The van der Waals surface area contributed by atoms with Crippen LogP contribution >= 0.6 is 23.2 Å². The third-order valence-corrected chi connectivity index (χ3v) is 3.39. The van der Waals surface area contributed by atoms with Gasteiger partial charge in [-0.3, -0.25) is 0 Å². The molecule has 0 aliphatic rings. The van der Waals surface area contributed by atoms with Crippen molar-refractivity contribution >= 4 is 29.3 Å². The minimum Gasteiger partial charge on any atom is -0.444 e. The Morgan fingerprint density at radius 3 is 2.48 bits per heavy atom. The fourth-order valence-electron chi connectivity index (χ4n) is 1.74. The number of hydrogen-bond acceptors (Lipinski definition) is 3. The first-order valence-corrected chi connectivity index (χ1v) is 7.42. The van der Waals surface area contributed by atoms with Gasteiger partial charge in [-0.1, -0.05) is 29.3 Å². The summed E-state index contributed by atoms with van der Waals surface area (Å²) in [5, 5.41) is 3.75. The van der Waals surface area contributed by atoms with Gasteiger partial charge in [0.1, 0.15) is 5.60 Å². The number of carbonyl (C=O) groups is 1. The lowest BCUT2D eigenvalue weighted by Gasteiger charge is -2.24. The Balaban J connectivity index is 2.84. The van der Waals surface area contributed by atoms with Crippen molar-refractivity contribution in [1.82, 2.24) is 5.32 Å². The second-order valence-corrected chi connectivity index (χ2v) is 6.47. The van der Waals surface area contributed by atoms with E-state index in [1.807, 2.05) is 26.8 Å². The molecule has 0 saturated carbocycles. The maximum absolute atomic E-state index is 11.9. The largest absolute Gasteiger partial charge is 0.444 e. The van der Waals surface area contributed by atoms with Crippen molar-refractivity contribution in [1.29, 1.82) is 0 Å². The summed E-state index contributed by atoms with van der Waals surface area (Å²) < 4.78 is 10.4. The molecule has 0 aromatic heterocycles. The third-order valence-electron chi connectivity index (χ3n) is 2.65. The van der Waals surface area contributed by atoms with Gasteiger partial charge >= 0.3 is 6.09 Å². The molecular weight excluding hydrogens is 313 g/mol. The number of alkyl carbamates (subject to hydrolysis) is 1. The molecular formula is C15H21Cl2NO3. The van der Waals surface area contributed by atoms with Crippen LogP contribution in [0.25, 0.3) is 0 Å². The van der Waals surface area contributed by atoms with Gasteiger partial charge in [0, 0.05) is 13.7 Å². The highest BCUT2D eigenvalue weighted by Gasteiger charge is 2.21. The first-order chi connectivity index (χ1) is 9.73. The highest BCUT2D eigenvalue weighted by Crippen LogP contribution is 2.27. The molecule has 4 nitrogen and oxygen atoms in total. The summed E-state index contributed by atoms with van der Waals surface area (Å²) in [5.74, 6) is 0. The molecule has 21 heavy (non-hydrogen) atoms. The number of rotatable bonds is 5. The second-order valence-electron chi connectivity index (χ2n) is 5.65. The maximum Gasteiger partial charge on any atom is 0.408 e. The van der Waals surface area contributed by atoms with Crippen LogP contribution in [0.15, 0.2) is 18.2 Å². The van der Waals surface area contributed by atoms with E-state index in [2.05, 4.69) is 5.32 Å². The van der Waals surface area contributed by atoms with Crippen LogP contribution in [0.4, 0.5) is 4.79 Å². The Morgan fingerprint density at radius 1 is 1.29 bits per heavy atom. The van der Waals surface area contributed by atoms with Crippen molar-refractivity contribution in [3.8, 4) is 0 Å². The number of benzene rings is 1. The van der Waals surface area contributed by atoms with E-state index >= 15 is 0 Å². The molecule has 0 radical (unpaired) electrons. The van der Waals surface area contributed by atoms with Gasteiger partial charge in [-0.2, -0.15) is 0 Å². The molecule has 1 N–H and O–H groups in total. The van der Waals surface area contributed by atoms with Crippen LogP contribution in [0.5, 0.6) is 0 Å². The van der Waals surface area contributed by atoms with Gasteiger partial charge in [0.2, 0.25) is 0 Å². The average Bonchev–Trinajstić information content (AvgIpc) is 2.35. The van der Waals surface area contributed by atoms with Crippen LogP contribution < -0.4 is 5.32 Å². The molecule has 0 saturated heterocycles. The lowest BCUT2D eigenvalue weighted by atomic mass is 10.0. The quantitative estimate of drug-likeness (QED) is 0.856. The number of ether oxygens (including phenoxy) is 2. The summed E-state index contributed by atoms with van der Waals surface area (Å²) in [4.78, 5) is 11.9. The monoisotopic (exact) mass is 333 g/mol. The average molecular weight is 334 g/mol. The molecule has 0 spiro atoms. The number of amides is 1. The fourth-order valence-corrected chi connectivity index (χ4v) is 2.04. The minimum atomic E-state index is -0.548. The normalized spacial score (nSPS) is 12.9. The van der Waals surface area contributed by atoms with Crippen LogP contribution in [0.2, 0.25) is 10.0 Å². The summed E-state index contributed by atoms with van der Waals surface area (Å²) in [5.41, 5.74) is 0.306. The summed E-state index contributed by atoms with van der Waals surface area (Å²) in [7, 11) is 1.61.